The lowest BCUT2D eigenvalue weighted by atomic mass is 10.0. The molecule has 0 aromatic rings. The largest absolute Gasteiger partial charge is 0.463 e. The summed E-state index contributed by atoms with van der Waals surface area (Å²) in [5.41, 5.74) is 0. The zero-order valence-electron chi connectivity index (χ0n) is 22.8. The lowest BCUT2D eigenvalue weighted by molar-refractivity contribution is -0.138. The molecule has 0 atom stereocenters. The van der Waals surface area contributed by atoms with Gasteiger partial charge in [-0.1, -0.05) is 143 Å². The molecule has 0 saturated carbocycles. The van der Waals surface area contributed by atoms with Gasteiger partial charge in [0.2, 0.25) is 0 Å². The molecule has 0 amide bonds. The predicted molar refractivity (Wildman–Crippen MR) is 146 cm³/mol. The SMILES string of the molecule is C=CC(=O)OCCCCCC.C=CC(=O)OCCCCCCCCCCCCCCCCCC. The standard InChI is InChI=1S/C21H40O2.C9H16O2/c1-3-5-6-7-8-9-10-11-12-13-14-15-16-17-18-19-20-23-21(22)4-2;1-3-5-6-7-8-11-9(10)4-2/h4H,2-3,5-20H2,1H3;4H,2-3,5-8H2,1H3. The number of rotatable bonds is 24. The summed E-state index contributed by atoms with van der Waals surface area (Å²) in [6.07, 6.45) is 28.7. The smallest absolute Gasteiger partial charge is 0.330 e. The van der Waals surface area contributed by atoms with Gasteiger partial charge in [-0.25, -0.2) is 9.59 Å². The number of carbonyl (C=O) groups excluding carboxylic acids is 2. The molecule has 4 nitrogen and oxygen atoms in total. The Hall–Kier alpha value is -1.58. The third kappa shape index (κ3) is 32.6. The Labute approximate surface area is 211 Å². The highest BCUT2D eigenvalue weighted by Gasteiger charge is 1.97. The van der Waals surface area contributed by atoms with E-state index in [2.05, 4.69) is 27.0 Å². The van der Waals surface area contributed by atoms with Gasteiger partial charge in [0.25, 0.3) is 0 Å². The van der Waals surface area contributed by atoms with Gasteiger partial charge in [-0.15, -0.1) is 0 Å². The third-order valence-electron chi connectivity index (χ3n) is 5.82. The molecular formula is C30H56O4. The summed E-state index contributed by atoms with van der Waals surface area (Å²) in [5, 5.41) is 0. The third-order valence-corrected chi connectivity index (χ3v) is 5.82. The number of esters is 2. The summed E-state index contributed by atoms with van der Waals surface area (Å²) in [6.45, 7) is 12.2. The fourth-order valence-electron chi connectivity index (χ4n) is 3.64. The van der Waals surface area contributed by atoms with Crippen molar-refractivity contribution in [2.75, 3.05) is 13.2 Å². The summed E-state index contributed by atoms with van der Waals surface area (Å²) in [6, 6.07) is 0. The monoisotopic (exact) mass is 480 g/mol. The van der Waals surface area contributed by atoms with Crippen molar-refractivity contribution >= 4 is 11.9 Å². The van der Waals surface area contributed by atoms with Gasteiger partial charge in [0, 0.05) is 12.2 Å². The number of ether oxygens (including phenoxy) is 2. The highest BCUT2D eigenvalue weighted by Crippen LogP contribution is 2.13. The molecule has 200 valence electrons. The number of carbonyl (C=O) groups is 2. The van der Waals surface area contributed by atoms with Crippen molar-refractivity contribution in [1.82, 2.24) is 0 Å². The lowest BCUT2D eigenvalue weighted by Gasteiger charge is -2.04. The van der Waals surface area contributed by atoms with Crippen LogP contribution in [-0.2, 0) is 19.1 Å². The molecule has 0 heterocycles. The molecule has 0 spiro atoms. The van der Waals surface area contributed by atoms with Gasteiger partial charge in [-0.3, -0.25) is 0 Å². The molecule has 34 heavy (non-hydrogen) atoms. The highest BCUT2D eigenvalue weighted by atomic mass is 16.5. The van der Waals surface area contributed by atoms with Crippen molar-refractivity contribution in [3.8, 4) is 0 Å². The molecular weight excluding hydrogens is 424 g/mol. The normalized spacial score (nSPS) is 10.2. The molecule has 0 aliphatic rings. The molecule has 0 N–H and O–H groups in total. The van der Waals surface area contributed by atoms with E-state index in [4.69, 9.17) is 9.47 Å². The average molecular weight is 481 g/mol. The molecule has 0 unspecified atom stereocenters. The van der Waals surface area contributed by atoms with Gasteiger partial charge >= 0.3 is 11.9 Å². The van der Waals surface area contributed by atoms with Crippen molar-refractivity contribution in [3.63, 3.8) is 0 Å². The summed E-state index contributed by atoms with van der Waals surface area (Å²) >= 11 is 0. The maximum absolute atomic E-state index is 10.8. The topological polar surface area (TPSA) is 52.6 Å². The van der Waals surface area contributed by atoms with Gasteiger partial charge in [0.1, 0.15) is 0 Å². The fraction of sp³-hybridized carbons (Fsp3) is 0.800. The first kappa shape index (κ1) is 34.6. The van der Waals surface area contributed by atoms with E-state index in [0.29, 0.717) is 13.2 Å². The van der Waals surface area contributed by atoms with E-state index < -0.39 is 0 Å². The highest BCUT2D eigenvalue weighted by molar-refractivity contribution is 5.81. The lowest BCUT2D eigenvalue weighted by Crippen LogP contribution is -2.01. The number of hydrogen-bond acceptors (Lipinski definition) is 4. The number of hydrogen-bond donors (Lipinski definition) is 0. The van der Waals surface area contributed by atoms with Crippen molar-refractivity contribution in [2.24, 2.45) is 0 Å². The van der Waals surface area contributed by atoms with Crippen molar-refractivity contribution < 1.29 is 19.1 Å². The zero-order valence-corrected chi connectivity index (χ0v) is 22.8. The Morgan fingerprint density at radius 1 is 0.471 bits per heavy atom. The molecule has 0 aromatic heterocycles. The Kier molecular flexibility index (Phi) is 32.0. The van der Waals surface area contributed by atoms with E-state index in [1.165, 1.54) is 121 Å². The van der Waals surface area contributed by atoms with Gasteiger partial charge in [0.05, 0.1) is 13.2 Å². The maximum atomic E-state index is 10.8. The second-order valence-electron chi connectivity index (χ2n) is 9.11. The minimum Gasteiger partial charge on any atom is -0.463 e. The van der Waals surface area contributed by atoms with Crippen molar-refractivity contribution in [2.45, 2.75) is 142 Å². The van der Waals surface area contributed by atoms with E-state index >= 15 is 0 Å². The van der Waals surface area contributed by atoms with Crippen molar-refractivity contribution in [3.05, 3.63) is 25.3 Å². The van der Waals surface area contributed by atoms with Crippen LogP contribution >= 0.6 is 0 Å². The summed E-state index contributed by atoms with van der Waals surface area (Å²) in [4.78, 5) is 21.3. The quantitative estimate of drug-likeness (QED) is 0.0784. The molecule has 0 aliphatic heterocycles. The summed E-state index contributed by atoms with van der Waals surface area (Å²) < 4.78 is 9.73. The van der Waals surface area contributed by atoms with Crippen LogP contribution in [0, 0.1) is 0 Å². The Balaban J connectivity index is 0. The van der Waals surface area contributed by atoms with Crippen LogP contribution in [0.3, 0.4) is 0 Å². The molecule has 0 fully saturated rings. The van der Waals surface area contributed by atoms with Crippen LogP contribution in [0.1, 0.15) is 142 Å². The zero-order chi connectivity index (χ0) is 25.5. The van der Waals surface area contributed by atoms with E-state index in [-0.39, 0.29) is 11.9 Å². The molecule has 0 saturated heterocycles. The van der Waals surface area contributed by atoms with E-state index in [9.17, 15) is 9.59 Å². The Bertz CT molecular complexity index is 459. The first-order valence-electron chi connectivity index (χ1n) is 14.2. The second-order valence-corrected chi connectivity index (χ2v) is 9.11. The minimum absolute atomic E-state index is 0.300. The van der Waals surface area contributed by atoms with E-state index in [1.807, 2.05) is 0 Å². The predicted octanol–water partition coefficient (Wildman–Crippen LogP) is 9.27. The van der Waals surface area contributed by atoms with Gasteiger partial charge in [0.15, 0.2) is 0 Å². The van der Waals surface area contributed by atoms with Gasteiger partial charge in [-0.05, 0) is 12.8 Å². The van der Waals surface area contributed by atoms with E-state index in [1.54, 1.807) is 0 Å². The summed E-state index contributed by atoms with van der Waals surface area (Å²) in [7, 11) is 0. The second kappa shape index (κ2) is 31.4. The van der Waals surface area contributed by atoms with Gasteiger partial charge in [-0.2, -0.15) is 0 Å². The van der Waals surface area contributed by atoms with Crippen LogP contribution < -0.4 is 0 Å². The van der Waals surface area contributed by atoms with Crippen LogP contribution in [0.5, 0.6) is 0 Å². The average Bonchev–Trinajstić information content (AvgIpc) is 2.85. The molecule has 0 aliphatic carbocycles. The van der Waals surface area contributed by atoms with Crippen LogP contribution in [-0.4, -0.2) is 25.2 Å². The first-order valence-corrected chi connectivity index (χ1v) is 14.2. The summed E-state index contributed by atoms with van der Waals surface area (Å²) in [5.74, 6) is -0.618. The molecule has 0 aromatic carbocycles. The van der Waals surface area contributed by atoms with Crippen LogP contribution in [0.4, 0.5) is 0 Å². The van der Waals surface area contributed by atoms with Crippen LogP contribution in [0.25, 0.3) is 0 Å². The number of unbranched alkanes of at least 4 members (excludes halogenated alkanes) is 18. The molecule has 0 rings (SSSR count). The first-order chi connectivity index (χ1) is 16.6. The molecule has 0 radical (unpaired) electrons. The Morgan fingerprint density at radius 2 is 0.706 bits per heavy atom. The fourth-order valence-corrected chi connectivity index (χ4v) is 3.64. The van der Waals surface area contributed by atoms with Crippen molar-refractivity contribution in [1.29, 1.82) is 0 Å². The minimum atomic E-state index is -0.318. The van der Waals surface area contributed by atoms with Gasteiger partial charge < -0.3 is 9.47 Å². The Morgan fingerprint density at radius 3 is 0.971 bits per heavy atom. The van der Waals surface area contributed by atoms with Crippen LogP contribution in [0.2, 0.25) is 0 Å². The van der Waals surface area contributed by atoms with E-state index in [0.717, 1.165) is 19.3 Å². The molecule has 4 heteroatoms. The van der Waals surface area contributed by atoms with Crippen LogP contribution in [0.15, 0.2) is 25.3 Å². The molecule has 0 bridgehead atoms. The maximum Gasteiger partial charge on any atom is 0.330 e.